The van der Waals surface area contributed by atoms with E-state index >= 15 is 0 Å². The van der Waals surface area contributed by atoms with Crippen LogP contribution in [0.25, 0.3) is 11.2 Å². The molecule has 9 heteroatoms. The zero-order valence-corrected chi connectivity index (χ0v) is 15.0. The Morgan fingerprint density at radius 2 is 2.08 bits per heavy atom. The van der Waals surface area contributed by atoms with Crippen molar-refractivity contribution in [2.45, 2.75) is 19.9 Å². The number of aromatic nitrogens is 5. The first-order chi connectivity index (χ1) is 12.0. The van der Waals surface area contributed by atoms with Gasteiger partial charge in [0.2, 0.25) is 5.95 Å². The van der Waals surface area contributed by atoms with Gasteiger partial charge in [0.25, 0.3) is 0 Å². The summed E-state index contributed by atoms with van der Waals surface area (Å²) in [4.78, 5) is 8.97. The summed E-state index contributed by atoms with van der Waals surface area (Å²) < 4.78 is 1.58. The van der Waals surface area contributed by atoms with E-state index in [0.29, 0.717) is 28.0 Å². The lowest BCUT2D eigenvalue weighted by Gasteiger charge is -2.20. The third-order valence-corrected chi connectivity index (χ3v) is 4.09. The molecule has 0 saturated carbocycles. The maximum absolute atomic E-state index is 9.54. The smallest absolute Gasteiger partial charge is 0.227 e. The Morgan fingerprint density at radius 3 is 2.76 bits per heavy atom. The number of halogens is 1. The van der Waals surface area contributed by atoms with Gasteiger partial charge in [-0.2, -0.15) is 9.97 Å². The van der Waals surface area contributed by atoms with Crippen LogP contribution in [0.2, 0.25) is 5.02 Å². The topological polar surface area (TPSA) is 101 Å². The minimum absolute atomic E-state index is 0.0141. The molecule has 3 aromatic rings. The zero-order chi connectivity index (χ0) is 18.0. The van der Waals surface area contributed by atoms with E-state index in [0.717, 1.165) is 5.69 Å². The van der Waals surface area contributed by atoms with Gasteiger partial charge in [0.1, 0.15) is 0 Å². The van der Waals surface area contributed by atoms with Gasteiger partial charge in [-0.15, -0.1) is 5.10 Å². The van der Waals surface area contributed by atoms with Gasteiger partial charge >= 0.3 is 0 Å². The monoisotopic (exact) mass is 361 g/mol. The van der Waals surface area contributed by atoms with Crippen LogP contribution in [0.4, 0.5) is 17.5 Å². The predicted molar refractivity (Wildman–Crippen MR) is 98.2 cm³/mol. The normalized spacial score (nSPS) is 12.6. The standard InChI is InChI=1S/C16H20ClN7O/c1-9(2)12(8-25)19-16-20-14(13-15(21-16)24(3)23-22-13)18-11-6-4-5-10(17)7-11/h4-7,9,12,25H,8H2,1-3H3,(H2,18,19,20,21)/t12-/m0/s1. The van der Waals surface area contributed by atoms with Crippen LogP contribution in [0.5, 0.6) is 0 Å². The Hall–Kier alpha value is -2.45. The summed E-state index contributed by atoms with van der Waals surface area (Å²) in [5, 5.41) is 24.7. The number of benzene rings is 1. The molecule has 132 valence electrons. The fourth-order valence-corrected chi connectivity index (χ4v) is 2.55. The average molecular weight is 362 g/mol. The van der Waals surface area contributed by atoms with Gasteiger partial charge in [0.05, 0.1) is 12.6 Å². The highest BCUT2D eigenvalue weighted by molar-refractivity contribution is 6.30. The lowest BCUT2D eigenvalue weighted by Crippen LogP contribution is -2.30. The van der Waals surface area contributed by atoms with Crippen molar-refractivity contribution in [3.8, 4) is 0 Å². The van der Waals surface area contributed by atoms with E-state index in [-0.39, 0.29) is 18.6 Å². The number of nitrogens with one attached hydrogen (secondary N) is 2. The predicted octanol–water partition coefficient (Wildman–Crippen LogP) is 2.58. The van der Waals surface area contributed by atoms with Gasteiger partial charge in [-0.05, 0) is 24.1 Å². The Labute approximate surface area is 150 Å². The molecule has 3 N–H and O–H groups in total. The molecule has 0 fully saturated rings. The number of hydrogen-bond acceptors (Lipinski definition) is 7. The van der Waals surface area contributed by atoms with E-state index in [2.05, 4.69) is 30.9 Å². The Bertz CT molecular complexity index is 880. The highest BCUT2D eigenvalue weighted by atomic mass is 35.5. The molecule has 1 atom stereocenters. The van der Waals surface area contributed by atoms with Gasteiger partial charge < -0.3 is 15.7 Å². The Kier molecular flexibility index (Phi) is 5.00. The molecule has 0 aliphatic rings. The van der Waals surface area contributed by atoms with Crippen LogP contribution in [0.3, 0.4) is 0 Å². The highest BCUT2D eigenvalue weighted by Crippen LogP contribution is 2.25. The lowest BCUT2D eigenvalue weighted by molar-refractivity contribution is 0.248. The number of aryl methyl sites for hydroxylation is 1. The van der Waals surface area contributed by atoms with E-state index < -0.39 is 0 Å². The molecule has 0 aliphatic carbocycles. The first-order valence-corrected chi connectivity index (χ1v) is 8.33. The quantitative estimate of drug-likeness (QED) is 0.620. The second-order valence-electron chi connectivity index (χ2n) is 6.09. The largest absolute Gasteiger partial charge is 0.394 e. The number of rotatable bonds is 6. The molecule has 0 amide bonds. The summed E-state index contributed by atoms with van der Waals surface area (Å²) in [7, 11) is 1.77. The summed E-state index contributed by atoms with van der Waals surface area (Å²) >= 11 is 6.04. The maximum Gasteiger partial charge on any atom is 0.227 e. The number of hydrogen-bond donors (Lipinski definition) is 3. The molecule has 3 rings (SSSR count). The van der Waals surface area contributed by atoms with E-state index in [1.165, 1.54) is 0 Å². The molecular weight excluding hydrogens is 342 g/mol. The minimum Gasteiger partial charge on any atom is -0.394 e. The van der Waals surface area contributed by atoms with Crippen LogP contribution in [0, 0.1) is 5.92 Å². The van der Waals surface area contributed by atoms with Crippen LogP contribution in [0.1, 0.15) is 13.8 Å². The van der Waals surface area contributed by atoms with Crippen molar-refractivity contribution in [3.63, 3.8) is 0 Å². The summed E-state index contributed by atoms with van der Waals surface area (Å²) in [6.45, 7) is 4.02. The van der Waals surface area contributed by atoms with E-state index in [1.807, 2.05) is 26.0 Å². The van der Waals surface area contributed by atoms with Crippen molar-refractivity contribution in [3.05, 3.63) is 29.3 Å². The van der Waals surface area contributed by atoms with Gasteiger partial charge in [0, 0.05) is 17.8 Å². The number of aliphatic hydroxyl groups excluding tert-OH is 1. The fraction of sp³-hybridized carbons (Fsp3) is 0.375. The minimum atomic E-state index is -0.155. The first-order valence-electron chi connectivity index (χ1n) is 7.95. The van der Waals surface area contributed by atoms with E-state index in [9.17, 15) is 5.11 Å². The molecule has 8 nitrogen and oxygen atoms in total. The van der Waals surface area contributed by atoms with Crippen molar-refractivity contribution < 1.29 is 5.11 Å². The second kappa shape index (κ2) is 7.20. The molecule has 0 spiro atoms. The molecule has 1 aromatic carbocycles. The lowest BCUT2D eigenvalue weighted by atomic mass is 10.1. The second-order valence-corrected chi connectivity index (χ2v) is 6.53. The number of anilines is 3. The van der Waals surface area contributed by atoms with Gasteiger partial charge in [-0.1, -0.05) is 36.7 Å². The molecule has 25 heavy (non-hydrogen) atoms. The van der Waals surface area contributed by atoms with Crippen molar-refractivity contribution in [1.82, 2.24) is 25.0 Å². The molecule has 0 saturated heterocycles. The van der Waals surface area contributed by atoms with E-state index in [1.54, 1.807) is 23.9 Å². The highest BCUT2D eigenvalue weighted by Gasteiger charge is 2.17. The Morgan fingerprint density at radius 1 is 1.28 bits per heavy atom. The van der Waals surface area contributed by atoms with Crippen LogP contribution >= 0.6 is 11.6 Å². The molecule has 2 heterocycles. The number of fused-ring (bicyclic) bond motifs is 1. The van der Waals surface area contributed by atoms with Gasteiger partial charge in [-0.25, -0.2) is 4.68 Å². The SMILES string of the molecule is CC(C)[C@H](CO)Nc1nc(Nc2cccc(Cl)c2)c2nnn(C)c2n1. The van der Waals surface area contributed by atoms with Crippen molar-refractivity contribution in [2.75, 3.05) is 17.2 Å². The molecule has 0 unspecified atom stereocenters. The van der Waals surface area contributed by atoms with Crippen LogP contribution in [-0.2, 0) is 7.05 Å². The summed E-state index contributed by atoms with van der Waals surface area (Å²) in [6.07, 6.45) is 0. The molecular formula is C16H20ClN7O. The number of aliphatic hydroxyl groups is 1. The average Bonchev–Trinajstić information content (AvgIpc) is 2.94. The zero-order valence-electron chi connectivity index (χ0n) is 14.2. The third-order valence-electron chi connectivity index (χ3n) is 3.85. The summed E-state index contributed by atoms with van der Waals surface area (Å²) in [6, 6.07) is 7.17. The van der Waals surface area contributed by atoms with Crippen LogP contribution in [0.15, 0.2) is 24.3 Å². The van der Waals surface area contributed by atoms with Crippen molar-refractivity contribution >= 4 is 40.2 Å². The van der Waals surface area contributed by atoms with Gasteiger partial charge in [0.15, 0.2) is 17.0 Å². The van der Waals surface area contributed by atoms with Crippen molar-refractivity contribution in [1.29, 1.82) is 0 Å². The molecule has 2 aromatic heterocycles. The third kappa shape index (κ3) is 3.80. The fourth-order valence-electron chi connectivity index (χ4n) is 2.36. The van der Waals surface area contributed by atoms with Crippen LogP contribution in [-0.4, -0.2) is 42.7 Å². The van der Waals surface area contributed by atoms with Gasteiger partial charge in [-0.3, -0.25) is 0 Å². The molecule has 0 aliphatic heterocycles. The summed E-state index contributed by atoms with van der Waals surface area (Å²) in [5.74, 6) is 1.14. The maximum atomic E-state index is 9.54. The molecule has 0 radical (unpaired) electrons. The Balaban J connectivity index is 2.01. The first kappa shape index (κ1) is 17.4. The summed E-state index contributed by atoms with van der Waals surface area (Å²) in [5.41, 5.74) is 1.92. The molecule has 0 bridgehead atoms. The number of nitrogens with zero attached hydrogens (tertiary/aromatic N) is 5. The van der Waals surface area contributed by atoms with E-state index in [4.69, 9.17) is 11.6 Å². The van der Waals surface area contributed by atoms with Crippen molar-refractivity contribution in [2.24, 2.45) is 13.0 Å². The van der Waals surface area contributed by atoms with Crippen LogP contribution < -0.4 is 10.6 Å².